The van der Waals surface area contributed by atoms with E-state index in [1.165, 1.54) is 9.80 Å². The number of likely N-dealkylation sites (N-methyl/N-ethyl adjacent to an activating group) is 1. The van der Waals surface area contributed by atoms with E-state index in [1.54, 1.807) is 55.5 Å². The lowest BCUT2D eigenvalue weighted by molar-refractivity contribution is -0.164. The van der Waals surface area contributed by atoms with Crippen molar-refractivity contribution >= 4 is 45.3 Å². The minimum Gasteiger partial charge on any atom is -0.497 e. The Kier molecular flexibility index (Phi) is 11.3. The van der Waals surface area contributed by atoms with Crippen LogP contribution in [-0.2, 0) is 28.7 Å². The predicted molar refractivity (Wildman–Crippen MR) is 187 cm³/mol. The Morgan fingerprint density at radius 3 is 2.45 bits per heavy atom. The number of carbonyl (C=O) groups is 4. The third-order valence-electron chi connectivity index (χ3n) is 9.97. The number of anilines is 1. The number of aliphatic hydroxyl groups excluding tert-OH is 1. The molecule has 0 radical (unpaired) electrons. The second-order valence-electron chi connectivity index (χ2n) is 12.7. The lowest BCUT2D eigenvalue weighted by Crippen LogP contribution is -2.57. The van der Waals surface area contributed by atoms with Gasteiger partial charge in [-0.15, -0.1) is 13.2 Å². The molecule has 5 rings (SSSR count). The van der Waals surface area contributed by atoms with E-state index in [4.69, 9.17) is 14.2 Å². The van der Waals surface area contributed by atoms with Gasteiger partial charge in [-0.3, -0.25) is 19.2 Å². The van der Waals surface area contributed by atoms with Crippen LogP contribution in [-0.4, -0.2) is 101 Å². The molecule has 3 saturated heterocycles. The highest BCUT2D eigenvalue weighted by molar-refractivity contribution is 9.09. The molecule has 3 fully saturated rings. The topological polar surface area (TPSA) is 126 Å². The van der Waals surface area contributed by atoms with Gasteiger partial charge in [0.2, 0.25) is 11.8 Å². The molecule has 8 atom stereocenters. The molecule has 2 aromatic rings. The van der Waals surface area contributed by atoms with Crippen molar-refractivity contribution in [2.45, 2.75) is 60.9 Å². The first-order valence-electron chi connectivity index (χ1n) is 16.5. The van der Waals surface area contributed by atoms with Crippen LogP contribution < -0.4 is 9.64 Å². The lowest BCUT2D eigenvalue weighted by Gasteiger charge is -2.37. The molecule has 0 aromatic heterocycles. The van der Waals surface area contributed by atoms with Crippen LogP contribution in [0.15, 0.2) is 79.9 Å². The van der Waals surface area contributed by atoms with Gasteiger partial charge in [0.15, 0.2) is 0 Å². The van der Waals surface area contributed by atoms with Crippen molar-refractivity contribution in [2.75, 3.05) is 38.8 Å². The molecular weight excluding hydrogens is 694 g/mol. The Balaban J connectivity index is 1.49. The number of ether oxygens (including phenoxy) is 3. The maximum Gasteiger partial charge on any atom is 0.313 e. The summed E-state index contributed by atoms with van der Waals surface area (Å²) in [6.45, 7) is 8.98. The number of methoxy groups -OCH3 is 1. The number of esters is 1. The molecule has 49 heavy (non-hydrogen) atoms. The SMILES string of the molecule is C=CCCC(=O)N(C)[C@@H](C)[C@@H](OC(=O)[C@H]1[C@@H]2O[C@@]3(CC2Br)[C@@H]1C(=O)N(CCO)[C@@H]3C(=O)N(CC=C)c1ccc(OC)cc1)c1ccccc1. The number of rotatable bonds is 15. The van der Waals surface area contributed by atoms with Gasteiger partial charge in [-0.2, -0.15) is 0 Å². The van der Waals surface area contributed by atoms with Crippen LogP contribution in [0, 0.1) is 11.8 Å². The number of nitrogens with zero attached hydrogens (tertiary/aromatic N) is 3. The van der Waals surface area contributed by atoms with Crippen LogP contribution in [0.5, 0.6) is 5.75 Å². The van der Waals surface area contributed by atoms with E-state index in [-0.39, 0.29) is 30.2 Å². The van der Waals surface area contributed by atoms with Gasteiger partial charge in [0.1, 0.15) is 23.5 Å². The number of likely N-dealkylation sites (tertiary alicyclic amines) is 1. The van der Waals surface area contributed by atoms with E-state index in [2.05, 4.69) is 29.1 Å². The molecule has 0 aliphatic carbocycles. The number of carbonyl (C=O) groups excluding carboxylic acids is 4. The Hall–Kier alpha value is -4.00. The molecule has 12 heteroatoms. The van der Waals surface area contributed by atoms with Gasteiger partial charge in [0.25, 0.3) is 5.91 Å². The van der Waals surface area contributed by atoms with Crippen molar-refractivity contribution in [3.05, 3.63) is 85.5 Å². The Labute approximate surface area is 295 Å². The molecule has 1 N–H and O–H groups in total. The zero-order chi connectivity index (χ0) is 35.5. The van der Waals surface area contributed by atoms with E-state index in [0.717, 1.165) is 0 Å². The lowest BCUT2D eigenvalue weighted by atomic mass is 9.70. The number of hydrogen-bond acceptors (Lipinski definition) is 8. The molecule has 1 unspecified atom stereocenters. The van der Waals surface area contributed by atoms with Gasteiger partial charge in [-0.05, 0) is 49.6 Å². The van der Waals surface area contributed by atoms with Crippen LogP contribution in [0.4, 0.5) is 5.69 Å². The number of allylic oxidation sites excluding steroid dienone is 1. The standard InChI is InChI=1S/C37H44BrN3O8/c1-6-8-14-28(43)39(4)23(3)31(24-12-10-9-11-13-24)48-36(46)29-30-34(44)41(20-21-42)33(37(30)22-27(38)32(29)49-37)35(45)40(19-7-2)25-15-17-26(47-5)18-16-25/h6-7,9-13,15-18,23,27,29-33,42H,1-2,8,14,19-22H2,3-5H3/t23-,27?,29+,30-,31+,32+,33+,37-/m0/s1. The minimum atomic E-state index is -1.36. The number of halogens is 1. The highest BCUT2D eigenvalue weighted by atomic mass is 79.9. The van der Waals surface area contributed by atoms with Crippen LogP contribution in [0.1, 0.15) is 37.9 Å². The predicted octanol–water partition coefficient (Wildman–Crippen LogP) is 4.05. The molecule has 2 aromatic carbocycles. The zero-order valence-corrected chi connectivity index (χ0v) is 29.7. The molecule has 11 nitrogen and oxygen atoms in total. The summed E-state index contributed by atoms with van der Waals surface area (Å²) in [6.07, 6.45) is 2.73. The van der Waals surface area contributed by atoms with Crippen molar-refractivity contribution < 1.29 is 38.5 Å². The quantitative estimate of drug-likeness (QED) is 0.165. The van der Waals surface area contributed by atoms with Gasteiger partial charge in [-0.1, -0.05) is 58.4 Å². The summed E-state index contributed by atoms with van der Waals surface area (Å²) in [5.74, 6) is -3.11. The van der Waals surface area contributed by atoms with Crippen molar-refractivity contribution in [1.29, 1.82) is 0 Å². The summed E-state index contributed by atoms with van der Waals surface area (Å²) in [5, 5.41) is 10.0. The fourth-order valence-corrected chi connectivity index (χ4v) is 8.45. The van der Waals surface area contributed by atoms with E-state index in [1.807, 2.05) is 37.3 Å². The van der Waals surface area contributed by atoms with Crippen molar-refractivity contribution in [3.8, 4) is 5.75 Å². The first-order chi connectivity index (χ1) is 23.5. The third-order valence-corrected chi connectivity index (χ3v) is 10.8. The van der Waals surface area contributed by atoms with Crippen LogP contribution in [0.2, 0.25) is 0 Å². The highest BCUT2D eigenvalue weighted by Crippen LogP contribution is 2.60. The largest absolute Gasteiger partial charge is 0.497 e. The molecule has 2 bridgehead atoms. The molecular formula is C37H44BrN3O8. The number of aliphatic hydroxyl groups is 1. The maximum atomic E-state index is 14.6. The molecule has 0 saturated carbocycles. The van der Waals surface area contributed by atoms with Gasteiger partial charge in [0, 0.05) is 37.1 Å². The van der Waals surface area contributed by atoms with Gasteiger partial charge in [-0.25, -0.2) is 0 Å². The van der Waals surface area contributed by atoms with E-state index >= 15 is 0 Å². The van der Waals surface area contributed by atoms with Gasteiger partial charge in [0.05, 0.1) is 37.7 Å². The Morgan fingerprint density at radius 1 is 1.14 bits per heavy atom. The number of fused-ring (bicyclic) bond motifs is 1. The van der Waals surface area contributed by atoms with Crippen molar-refractivity contribution in [2.24, 2.45) is 11.8 Å². The fourth-order valence-electron chi connectivity index (χ4n) is 7.51. The molecule has 1 spiro atoms. The van der Waals surface area contributed by atoms with E-state index in [9.17, 15) is 24.3 Å². The Morgan fingerprint density at radius 2 is 1.84 bits per heavy atom. The van der Waals surface area contributed by atoms with Crippen molar-refractivity contribution in [3.63, 3.8) is 0 Å². The smallest absolute Gasteiger partial charge is 0.313 e. The number of benzene rings is 2. The second-order valence-corrected chi connectivity index (χ2v) is 13.9. The summed E-state index contributed by atoms with van der Waals surface area (Å²) in [7, 11) is 3.22. The number of alkyl halides is 1. The monoisotopic (exact) mass is 737 g/mol. The zero-order valence-electron chi connectivity index (χ0n) is 28.1. The van der Waals surface area contributed by atoms with Crippen LogP contribution >= 0.6 is 15.9 Å². The van der Waals surface area contributed by atoms with E-state index in [0.29, 0.717) is 29.8 Å². The molecule has 3 amide bonds. The summed E-state index contributed by atoms with van der Waals surface area (Å²) in [5.41, 5.74) is -0.108. The summed E-state index contributed by atoms with van der Waals surface area (Å²) < 4.78 is 18.2. The second kappa shape index (κ2) is 15.3. The molecule has 3 aliphatic heterocycles. The summed E-state index contributed by atoms with van der Waals surface area (Å²) in [6, 6.07) is 14.4. The van der Waals surface area contributed by atoms with Gasteiger partial charge >= 0.3 is 5.97 Å². The maximum absolute atomic E-state index is 14.6. The van der Waals surface area contributed by atoms with E-state index < -0.39 is 66.1 Å². The molecule has 262 valence electrons. The van der Waals surface area contributed by atoms with Gasteiger partial charge < -0.3 is 34.0 Å². The number of β-amino-alcohol motifs (C(OH)–C–C–N with tert-alkyl or cyclic N) is 1. The first-order valence-corrected chi connectivity index (χ1v) is 17.4. The normalized spacial score (nSPS) is 26.4. The summed E-state index contributed by atoms with van der Waals surface area (Å²) >= 11 is 3.70. The highest BCUT2D eigenvalue weighted by Gasteiger charge is 2.77. The number of amides is 3. The van der Waals surface area contributed by atoms with Crippen molar-refractivity contribution in [1.82, 2.24) is 9.80 Å². The first kappa shape index (κ1) is 36.3. The fraction of sp³-hybridized carbons (Fsp3) is 0.459. The summed E-state index contributed by atoms with van der Waals surface area (Å²) in [4.78, 5) is 60.4. The average Bonchev–Trinajstić information content (AvgIpc) is 3.71. The third kappa shape index (κ3) is 6.65. The van der Waals surface area contributed by atoms with Crippen LogP contribution in [0.25, 0.3) is 0 Å². The Bertz CT molecular complexity index is 1550. The average molecular weight is 739 g/mol. The molecule has 3 heterocycles. The van der Waals surface area contributed by atoms with Crippen LogP contribution in [0.3, 0.4) is 0 Å². The molecule has 3 aliphatic rings. The number of hydrogen-bond donors (Lipinski definition) is 1. The minimum absolute atomic E-state index is 0.123.